The molecule has 0 N–H and O–H groups in total. The van der Waals surface area contributed by atoms with Gasteiger partial charge in [0, 0.05) is 24.9 Å². The first-order valence-corrected chi connectivity index (χ1v) is 16.8. The molecule has 0 aliphatic rings. The number of carbonyl (C=O) groups is 1. The number of carbonyl (C=O) groups excluding carboxylic acids is 1. The summed E-state index contributed by atoms with van der Waals surface area (Å²) in [4.78, 5) is 20.0. The zero-order chi connectivity index (χ0) is 29.2. The van der Waals surface area contributed by atoms with Crippen LogP contribution in [0, 0.1) is 0 Å². The van der Waals surface area contributed by atoms with E-state index in [-0.39, 0.29) is 35.0 Å². The average Bonchev–Trinajstić information content (AvgIpc) is 3.64. The third-order valence-electron chi connectivity index (χ3n) is 6.44. The van der Waals surface area contributed by atoms with Crippen molar-refractivity contribution in [2.24, 2.45) is 0 Å². The van der Waals surface area contributed by atoms with Crippen molar-refractivity contribution in [2.75, 3.05) is 17.7 Å². The lowest BCUT2D eigenvalue weighted by molar-refractivity contribution is 0.0983. The highest BCUT2D eigenvalue weighted by Crippen LogP contribution is 2.32. The van der Waals surface area contributed by atoms with Crippen LogP contribution < -0.4 is 4.90 Å². The molecule has 212 valence electrons. The first-order chi connectivity index (χ1) is 19.6. The van der Waals surface area contributed by atoms with E-state index >= 15 is 0 Å². The summed E-state index contributed by atoms with van der Waals surface area (Å²) in [5.41, 5.74) is 1.68. The molecule has 0 aliphatic carbocycles. The summed E-state index contributed by atoms with van der Waals surface area (Å²) in [6.45, 7) is 2.37. The van der Waals surface area contributed by atoms with Crippen molar-refractivity contribution in [2.45, 2.75) is 29.8 Å². The molecule has 0 saturated carbocycles. The molecular formula is C29H27N3O6S3. The third kappa shape index (κ3) is 6.25. The Morgan fingerprint density at radius 1 is 0.878 bits per heavy atom. The first kappa shape index (κ1) is 28.7. The molecule has 0 atom stereocenters. The van der Waals surface area contributed by atoms with Gasteiger partial charge in [-0.1, -0.05) is 48.6 Å². The topological polar surface area (TPSA) is 118 Å². The van der Waals surface area contributed by atoms with Crippen LogP contribution in [0.5, 0.6) is 0 Å². The summed E-state index contributed by atoms with van der Waals surface area (Å²) >= 11 is 1.18. The number of hydrogen-bond acceptors (Lipinski definition) is 8. The molecule has 0 radical (unpaired) electrons. The maximum Gasteiger partial charge on any atom is 0.260 e. The summed E-state index contributed by atoms with van der Waals surface area (Å²) < 4.78 is 58.3. The summed E-state index contributed by atoms with van der Waals surface area (Å²) in [5.74, 6) is 0.109. The molecule has 0 bridgehead atoms. The molecule has 0 unspecified atom stereocenters. The van der Waals surface area contributed by atoms with E-state index in [4.69, 9.17) is 4.42 Å². The Kier molecular flexibility index (Phi) is 8.09. The van der Waals surface area contributed by atoms with E-state index in [1.807, 2.05) is 30.3 Å². The van der Waals surface area contributed by atoms with Gasteiger partial charge < -0.3 is 4.42 Å². The van der Waals surface area contributed by atoms with Crippen LogP contribution in [-0.4, -0.2) is 44.8 Å². The van der Waals surface area contributed by atoms with Crippen molar-refractivity contribution < 1.29 is 26.0 Å². The highest BCUT2D eigenvalue weighted by Gasteiger charge is 2.26. The van der Waals surface area contributed by atoms with E-state index in [9.17, 15) is 21.6 Å². The number of nitrogens with zero attached hydrogens (tertiary/aromatic N) is 3. The highest BCUT2D eigenvalue weighted by molar-refractivity contribution is 7.90. The molecule has 0 saturated heterocycles. The molecule has 5 rings (SSSR count). The second kappa shape index (κ2) is 11.6. The Morgan fingerprint density at radius 2 is 1.59 bits per heavy atom. The summed E-state index contributed by atoms with van der Waals surface area (Å²) in [6, 6.07) is 23.2. The van der Waals surface area contributed by atoms with Crippen molar-refractivity contribution in [3.8, 4) is 0 Å². The zero-order valence-corrected chi connectivity index (χ0v) is 24.7. The van der Waals surface area contributed by atoms with Gasteiger partial charge in [-0.3, -0.25) is 9.69 Å². The van der Waals surface area contributed by atoms with E-state index in [1.54, 1.807) is 25.1 Å². The maximum atomic E-state index is 13.8. The monoisotopic (exact) mass is 609 g/mol. The van der Waals surface area contributed by atoms with Crippen LogP contribution in [-0.2, 0) is 33.0 Å². The fourth-order valence-electron chi connectivity index (χ4n) is 4.25. The fourth-order valence-corrected chi connectivity index (χ4v) is 7.41. The van der Waals surface area contributed by atoms with Crippen LogP contribution in [0.25, 0.3) is 10.2 Å². The van der Waals surface area contributed by atoms with Crippen molar-refractivity contribution in [1.82, 2.24) is 9.29 Å². The number of thiazole rings is 1. The van der Waals surface area contributed by atoms with Gasteiger partial charge in [-0.05, 0) is 60.2 Å². The molecular weight excluding hydrogens is 583 g/mol. The predicted molar refractivity (Wildman–Crippen MR) is 158 cm³/mol. The van der Waals surface area contributed by atoms with Gasteiger partial charge in [0.1, 0.15) is 5.76 Å². The van der Waals surface area contributed by atoms with E-state index in [0.29, 0.717) is 21.1 Å². The largest absolute Gasteiger partial charge is 0.467 e. The first-order valence-electron chi connectivity index (χ1n) is 12.7. The lowest BCUT2D eigenvalue weighted by Gasteiger charge is -2.21. The molecule has 0 spiro atoms. The maximum absolute atomic E-state index is 13.8. The molecule has 2 aromatic heterocycles. The van der Waals surface area contributed by atoms with Gasteiger partial charge in [0.15, 0.2) is 15.0 Å². The van der Waals surface area contributed by atoms with Crippen LogP contribution in [0.3, 0.4) is 0 Å². The van der Waals surface area contributed by atoms with E-state index in [1.165, 1.54) is 63.2 Å². The van der Waals surface area contributed by atoms with Crippen molar-refractivity contribution >= 4 is 52.5 Å². The Balaban J connectivity index is 1.45. The Morgan fingerprint density at radius 3 is 2.22 bits per heavy atom. The van der Waals surface area contributed by atoms with Crippen LogP contribution in [0.4, 0.5) is 5.13 Å². The van der Waals surface area contributed by atoms with Gasteiger partial charge in [0.05, 0.1) is 32.8 Å². The minimum Gasteiger partial charge on any atom is -0.467 e. The number of aromatic nitrogens is 1. The Bertz CT molecular complexity index is 1880. The lowest BCUT2D eigenvalue weighted by Crippen LogP contribution is -2.31. The van der Waals surface area contributed by atoms with Gasteiger partial charge in [-0.2, -0.15) is 4.31 Å². The number of furan rings is 1. The van der Waals surface area contributed by atoms with Gasteiger partial charge in [0.25, 0.3) is 5.91 Å². The van der Waals surface area contributed by atoms with Gasteiger partial charge in [0.2, 0.25) is 10.0 Å². The minimum absolute atomic E-state index is 0.0747. The molecule has 2 heterocycles. The van der Waals surface area contributed by atoms with Crippen molar-refractivity contribution in [3.05, 3.63) is 108 Å². The smallest absolute Gasteiger partial charge is 0.260 e. The van der Waals surface area contributed by atoms with Crippen LogP contribution >= 0.6 is 11.3 Å². The van der Waals surface area contributed by atoms with Crippen molar-refractivity contribution in [3.63, 3.8) is 0 Å². The molecule has 5 aromatic rings. The summed E-state index contributed by atoms with van der Waals surface area (Å²) in [5, 5.41) is 0.351. The van der Waals surface area contributed by atoms with Gasteiger partial charge in [-0.15, -0.1) is 0 Å². The standard InChI is InChI=1S/C29H27N3O6S3/c1-3-31(19-21-8-5-4-6-9-21)41(36,37)24-13-11-22(12-14-24)28(33)32(20-23-10-7-17-38-23)29-30-26-16-15-25(40(2,34)35)18-27(26)39-29/h4-18H,3,19-20H2,1-2H3. The number of rotatable bonds is 10. The van der Waals surface area contributed by atoms with Gasteiger partial charge in [-0.25, -0.2) is 21.8 Å². The molecule has 0 fully saturated rings. The minimum atomic E-state index is -3.80. The molecule has 3 aromatic carbocycles. The van der Waals surface area contributed by atoms with Crippen LogP contribution in [0.1, 0.15) is 28.6 Å². The Labute approximate surface area is 242 Å². The second-order valence-corrected chi connectivity index (χ2v) is 14.3. The molecule has 12 heteroatoms. The highest BCUT2D eigenvalue weighted by atomic mass is 32.2. The van der Waals surface area contributed by atoms with E-state index in [2.05, 4.69) is 4.98 Å². The molecule has 0 aliphatic heterocycles. The fraction of sp³-hybridized carbons (Fsp3) is 0.172. The number of anilines is 1. The van der Waals surface area contributed by atoms with E-state index < -0.39 is 25.8 Å². The zero-order valence-electron chi connectivity index (χ0n) is 22.3. The van der Waals surface area contributed by atoms with Gasteiger partial charge >= 0.3 is 0 Å². The predicted octanol–water partition coefficient (Wildman–Crippen LogP) is 5.35. The average molecular weight is 610 g/mol. The number of hydrogen-bond donors (Lipinski definition) is 0. The lowest BCUT2D eigenvalue weighted by atomic mass is 10.2. The van der Waals surface area contributed by atoms with Crippen LogP contribution in [0.15, 0.2) is 105 Å². The summed E-state index contributed by atoms with van der Waals surface area (Å²) in [6.07, 6.45) is 2.64. The van der Waals surface area contributed by atoms with E-state index in [0.717, 1.165) is 11.8 Å². The summed E-state index contributed by atoms with van der Waals surface area (Å²) in [7, 11) is -7.22. The molecule has 41 heavy (non-hydrogen) atoms. The normalized spacial score (nSPS) is 12.2. The number of amides is 1. The number of benzene rings is 3. The SMILES string of the molecule is CCN(Cc1ccccc1)S(=O)(=O)c1ccc(C(=O)N(Cc2ccco2)c2nc3ccc(S(C)(=O)=O)cc3s2)cc1. The van der Waals surface area contributed by atoms with Crippen LogP contribution in [0.2, 0.25) is 0 Å². The quantitative estimate of drug-likeness (QED) is 0.209. The molecule has 9 nitrogen and oxygen atoms in total. The Hall–Kier alpha value is -3.84. The van der Waals surface area contributed by atoms with Crippen molar-refractivity contribution in [1.29, 1.82) is 0 Å². The third-order valence-corrected chi connectivity index (χ3v) is 10.5. The number of sulfone groups is 1. The second-order valence-electron chi connectivity index (χ2n) is 9.31. The molecule has 1 amide bonds. The number of fused-ring (bicyclic) bond motifs is 1. The number of sulfonamides is 1.